The Kier molecular flexibility index (Phi) is 8.82. The Morgan fingerprint density at radius 3 is 2.27 bits per heavy atom. The van der Waals surface area contributed by atoms with E-state index in [-0.39, 0.29) is 17.8 Å². The van der Waals surface area contributed by atoms with Crippen molar-refractivity contribution < 1.29 is 32.2 Å². The predicted molar refractivity (Wildman–Crippen MR) is 153 cm³/mol. The van der Waals surface area contributed by atoms with Gasteiger partial charge in [0.2, 0.25) is 10.0 Å². The number of carbonyl (C=O) groups excluding carboxylic acids is 1. The quantitative estimate of drug-likeness (QED) is 0.397. The molecule has 0 atom stereocenters. The Morgan fingerprint density at radius 2 is 1.70 bits per heavy atom. The van der Waals surface area contributed by atoms with Crippen molar-refractivity contribution >= 4 is 21.7 Å². The summed E-state index contributed by atoms with van der Waals surface area (Å²) in [5.74, 6) is 1.27. The highest BCUT2D eigenvalue weighted by molar-refractivity contribution is 7.89. The van der Waals surface area contributed by atoms with E-state index in [1.807, 2.05) is 65.0 Å². The molecule has 4 rings (SSSR count). The molecule has 2 aromatic rings. The molecule has 10 heteroatoms. The molecule has 1 fully saturated rings. The molecule has 1 saturated heterocycles. The number of rotatable bonds is 8. The van der Waals surface area contributed by atoms with Gasteiger partial charge in [-0.1, -0.05) is 32.0 Å². The Hall–Kier alpha value is -3.08. The topological polar surface area (TPSA) is 94.6 Å². The number of benzene rings is 2. The second kappa shape index (κ2) is 11.8. The molecule has 1 spiro atoms. The van der Waals surface area contributed by atoms with Crippen LogP contribution in [0, 0.1) is 0 Å². The van der Waals surface area contributed by atoms with E-state index >= 15 is 0 Å². The maximum Gasteiger partial charge on any atom is 0.410 e. The van der Waals surface area contributed by atoms with E-state index in [1.165, 1.54) is 4.31 Å². The van der Waals surface area contributed by atoms with Crippen LogP contribution >= 0.6 is 0 Å². The van der Waals surface area contributed by atoms with Crippen molar-refractivity contribution in [3.63, 3.8) is 0 Å². The fraction of sp³-hybridized carbons (Fsp3) is 0.500. The number of methoxy groups -OCH3 is 1. The van der Waals surface area contributed by atoms with Gasteiger partial charge in [0.1, 0.15) is 22.7 Å². The van der Waals surface area contributed by atoms with Gasteiger partial charge in [-0.05, 0) is 62.2 Å². The molecule has 2 heterocycles. The molecule has 2 aromatic carbocycles. The summed E-state index contributed by atoms with van der Waals surface area (Å²) in [4.78, 5) is 14.6. The fourth-order valence-electron chi connectivity index (χ4n) is 5.08. The Bertz CT molecular complexity index is 1340. The maximum atomic E-state index is 13.1. The molecule has 218 valence electrons. The third-order valence-electron chi connectivity index (χ3n) is 7.08. The highest BCUT2D eigenvalue weighted by Crippen LogP contribution is 2.47. The second-order valence-corrected chi connectivity index (χ2v) is 12.9. The van der Waals surface area contributed by atoms with E-state index in [0.29, 0.717) is 50.5 Å². The van der Waals surface area contributed by atoms with Crippen LogP contribution in [0.15, 0.2) is 53.4 Å². The van der Waals surface area contributed by atoms with Crippen molar-refractivity contribution in [1.29, 1.82) is 0 Å². The molecule has 0 aliphatic carbocycles. The van der Waals surface area contributed by atoms with Crippen LogP contribution in [0.3, 0.4) is 0 Å². The van der Waals surface area contributed by atoms with Gasteiger partial charge < -0.3 is 23.8 Å². The van der Waals surface area contributed by atoms with E-state index in [9.17, 15) is 13.2 Å². The number of piperidine rings is 1. The van der Waals surface area contributed by atoms with Gasteiger partial charge in [-0.25, -0.2) is 13.2 Å². The largest absolute Gasteiger partial charge is 0.482 e. The van der Waals surface area contributed by atoms with Gasteiger partial charge in [0.25, 0.3) is 0 Å². The highest BCUT2D eigenvalue weighted by atomic mass is 32.2. The third-order valence-corrected chi connectivity index (χ3v) is 9.14. The average Bonchev–Trinajstić information content (AvgIpc) is 2.91. The number of amides is 1. The van der Waals surface area contributed by atoms with Gasteiger partial charge >= 0.3 is 6.09 Å². The summed E-state index contributed by atoms with van der Waals surface area (Å²) in [7, 11) is -2.02. The lowest BCUT2D eigenvalue weighted by Crippen LogP contribution is -2.50. The zero-order valence-corrected chi connectivity index (χ0v) is 25.0. The third kappa shape index (κ3) is 6.29. The van der Waals surface area contributed by atoms with Gasteiger partial charge in [0.05, 0.1) is 10.5 Å². The van der Waals surface area contributed by atoms with Crippen LogP contribution in [0.1, 0.15) is 58.6 Å². The van der Waals surface area contributed by atoms with Crippen molar-refractivity contribution in [3.05, 3.63) is 59.7 Å². The number of likely N-dealkylation sites (tertiary alicyclic amines) is 1. The van der Waals surface area contributed by atoms with E-state index in [1.54, 1.807) is 24.1 Å². The number of fused-ring (bicyclic) bond motifs is 1. The Balaban J connectivity index is 1.71. The van der Waals surface area contributed by atoms with E-state index in [0.717, 1.165) is 16.7 Å². The molecular formula is C30H40N2O7S. The summed E-state index contributed by atoms with van der Waals surface area (Å²) in [6.07, 6.45) is 2.91. The highest BCUT2D eigenvalue weighted by Gasteiger charge is 2.41. The standard InChI is InChI=1S/C30H40N2O7S/c1-7-32(8-2)40(34,35)23-14-12-22(13-15-23)24-20-30(16-18-31(19-17-30)28(33)39-29(3,4)5)38-26-11-9-10-25(27(24)26)37-21-36-6/h9-15,20H,7-8,16-19,21H2,1-6H3. The molecule has 9 nitrogen and oxygen atoms in total. The molecule has 0 saturated carbocycles. The van der Waals surface area contributed by atoms with Crippen molar-refractivity contribution in [2.45, 2.75) is 63.6 Å². The number of ether oxygens (including phenoxy) is 4. The van der Waals surface area contributed by atoms with E-state index in [2.05, 4.69) is 6.08 Å². The molecule has 2 aliphatic rings. The van der Waals surface area contributed by atoms with Gasteiger partial charge in [0.15, 0.2) is 6.79 Å². The maximum absolute atomic E-state index is 13.1. The molecule has 2 aliphatic heterocycles. The van der Waals surface area contributed by atoms with Crippen LogP contribution in [-0.4, -0.2) is 75.0 Å². The van der Waals surface area contributed by atoms with Crippen molar-refractivity contribution in [2.24, 2.45) is 0 Å². The molecule has 0 radical (unpaired) electrons. The molecule has 0 N–H and O–H groups in total. The van der Waals surface area contributed by atoms with Crippen LogP contribution in [0.2, 0.25) is 0 Å². The molecule has 0 bridgehead atoms. The smallest absolute Gasteiger partial charge is 0.410 e. The lowest BCUT2D eigenvalue weighted by molar-refractivity contribution is -0.00136. The number of nitrogens with zero attached hydrogens (tertiary/aromatic N) is 2. The van der Waals surface area contributed by atoms with Crippen LogP contribution in [-0.2, 0) is 19.5 Å². The number of carbonyl (C=O) groups is 1. The van der Waals surface area contributed by atoms with Crippen LogP contribution in [0.5, 0.6) is 11.5 Å². The van der Waals surface area contributed by atoms with Crippen molar-refractivity contribution in [2.75, 3.05) is 40.1 Å². The van der Waals surface area contributed by atoms with Crippen molar-refractivity contribution in [1.82, 2.24) is 9.21 Å². The minimum atomic E-state index is -3.59. The van der Waals surface area contributed by atoms with Crippen LogP contribution in [0.4, 0.5) is 4.79 Å². The number of sulfonamides is 1. The Labute approximate surface area is 237 Å². The first-order valence-corrected chi connectivity index (χ1v) is 15.1. The normalized spacial score (nSPS) is 16.8. The van der Waals surface area contributed by atoms with Gasteiger partial charge in [-0.2, -0.15) is 4.31 Å². The molecular weight excluding hydrogens is 532 g/mol. The summed E-state index contributed by atoms with van der Waals surface area (Å²) < 4.78 is 50.9. The zero-order chi connectivity index (χ0) is 29.1. The Morgan fingerprint density at radius 1 is 1.05 bits per heavy atom. The summed E-state index contributed by atoms with van der Waals surface area (Å²) in [5.41, 5.74) is 1.28. The van der Waals surface area contributed by atoms with E-state index < -0.39 is 21.2 Å². The monoisotopic (exact) mass is 572 g/mol. The SMILES string of the molecule is CCN(CC)S(=O)(=O)c1ccc(C2=CC3(CCN(C(=O)OC(C)(C)C)CC3)Oc3cccc(OCOC)c32)cc1. The minimum Gasteiger partial charge on any atom is -0.482 e. The summed E-state index contributed by atoms with van der Waals surface area (Å²) in [6.45, 7) is 11.1. The molecule has 40 heavy (non-hydrogen) atoms. The predicted octanol–water partition coefficient (Wildman–Crippen LogP) is 5.29. The lowest BCUT2D eigenvalue weighted by atomic mass is 9.82. The molecule has 1 amide bonds. The lowest BCUT2D eigenvalue weighted by Gasteiger charge is -2.43. The van der Waals surface area contributed by atoms with Crippen LogP contribution < -0.4 is 9.47 Å². The first-order chi connectivity index (χ1) is 18.9. The van der Waals surface area contributed by atoms with Gasteiger partial charge in [0, 0.05) is 46.1 Å². The molecule has 0 unspecified atom stereocenters. The first kappa shape index (κ1) is 29.9. The minimum absolute atomic E-state index is 0.0702. The number of hydrogen-bond donors (Lipinski definition) is 0. The summed E-state index contributed by atoms with van der Waals surface area (Å²) >= 11 is 0. The summed E-state index contributed by atoms with van der Waals surface area (Å²) in [5, 5.41) is 0. The van der Waals surface area contributed by atoms with Gasteiger partial charge in [-0.15, -0.1) is 0 Å². The number of hydrogen-bond acceptors (Lipinski definition) is 7. The molecule has 0 aromatic heterocycles. The first-order valence-electron chi connectivity index (χ1n) is 13.7. The van der Waals surface area contributed by atoms with Crippen molar-refractivity contribution in [3.8, 4) is 11.5 Å². The zero-order valence-electron chi connectivity index (χ0n) is 24.2. The average molecular weight is 573 g/mol. The second-order valence-electron chi connectivity index (χ2n) is 11.0. The fourth-order valence-corrected chi connectivity index (χ4v) is 6.53. The van der Waals surface area contributed by atoms with Gasteiger partial charge in [-0.3, -0.25) is 0 Å². The summed E-state index contributed by atoms with van der Waals surface area (Å²) in [6, 6.07) is 12.6. The van der Waals surface area contributed by atoms with E-state index in [4.69, 9.17) is 18.9 Å². The van der Waals surface area contributed by atoms with Crippen LogP contribution in [0.25, 0.3) is 5.57 Å².